The van der Waals surface area contributed by atoms with Crippen molar-refractivity contribution in [2.45, 2.75) is 32.9 Å². The average molecular weight is 467 g/mol. The van der Waals surface area contributed by atoms with Gasteiger partial charge in [-0.25, -0.2) is 4.98 Å². The normalized spacial score (nSPS) is 15.2. The van der Waals surface area contributed by atoms with Crippen molar-refractivity contribution in [3.05, 3.63) is 46.5 Å². The second-order valence-corrected chi connectivity index (χ2v) is 8.64. The van der Waals surface area contributed by atoms with Crippen molar-refractivity contribution in [3.63, 3.8) is 0 Å². The number of carbonyl (C=O) groups excluding carboxylic acids is 1. The molecule has 34 heavy (non-hydrogen) atoms. The maximum atomic E-state index is 12.7. The van der Waals surface area contributed by atoms with Crippen molar-refractivity contribution in [3.8, 4) is 22.6 Å². The average Bonchev–Trinajstić information content (AvgIpc) is 2.83. The summed E-state index contributed by atoms with van der Waals surface area (Å²) >= 11 is 0. The van der Waals surface area contributed by atoms with E-state index in [4.69, 9.17) is 14.3 Å². The van der Waals surface area contributed by atoms with Crippen LogP contribution < -0.4 is 19.9 Å². The maximum Gasteiger partial charge on any atom is 0.259 e. The molecule has 0 radical (unpaired) electrons. The molecule has 1 fully saturated rings. The van der Waals surface area contributed by atoms with E-state index in [0.29, 0.717) is 11.4 Å². The number of anilines is 1. The molecule has 0 spiro atoms. The lowest BCUT2D eigenvalue weighted by atomic mass is 9.97. The molecule has 2 aromatic heterocycles. The lowest BCUT2D eigenvalue weighted by Gasteiger charge is -2.39. The molecule has 8 heteroatoms. The fourth-order valence-corrected chi connectivity index (χ4v) is 4.13. The molecule has 1 saturated heterocycles. The molecule has 1 unspecified atom stereocenters. The zero-order valence-corrected chi connectivity index (χ0v) is 21.1. The first-order valence-corrected chi connectivity index (χ1v) is 11.3. The van der Waals surface area contributed by atoms with E-state index >= 15 is 0 Å². The highest BCUT2D eigenvalue weighted by Gasteiger charge is 2.26. The Kier molecular flexibility index (Phi) is 7.94. The molecule has 3 heterocycles. The second kappa shape index (κ2) is 10.7. The Hall–Kier alpha value is -3.39. The number of pyridine rings is 2. The van der Waals surface area contributed by atoms with Gasteiger partial charge in [0.05, 0.1) is 25.2 Å². The minimum atomic E-state index is -0.0705. The lowest BCUT2D eigenvalue weighted by molar-refractivity contribution is -0.106. The molecular weight excluding hydrogens is 432 g/mol. The van der Waals surface area contributed by atoms with Gasteiger partial charge in [-0.2, -0.15) is 0 Å². The fourth-order valence-electron chi connectivity index (χ4n) is 4.13. The number of ether oxygens (including phenoxy) is 2. The van der Waals surface area contributed by atoms with Crippen molar-refractivity contribution in [2.75, 3.05) is 39.8 Å². The van der Waals surface area contributed by atoms with Gasteiger partial charge in [-0.15, -0.1) is 0 Å². The van der Waals surface area contributed by atoms with Gasteiger partial charge < -0.3 is 23.7 Å². The molecule has 0 amide bonds. The van der Waals surface area contributed by atoms with E-state index < -0.39 is 0 Å². The summed E-state index contributed by atoms with van der Waals surface area (Å²) in [7, 11) is 9.02. The molecule has 0 bridgehead atoms. The third-order valence-electron chi connectivity index (χ3n) is 6.25. The highest BCUT2D eigenvalue weighted by Crippen LogP contribution is 2.39. The first-order chi connectivity index (χ1) is 16.2. The van der Waals surface area contributed by atoms with Crippen LogP contribution in [0.1, 0.15) is 25.8 Å². The topological polar surface area (TPSA) is 76.9 Å². The van der Waals surface area contributed by atoms with Crippen LogP contribution >= 0.6 is 0 Å². The molecule has 0 saturated carbocycles. The number of aryl methyl sites for hydroxylation is 1. The molecule has 3 aromatic rings. The quantitative estimate of drug-likeness (QED) is 0.515. The van der Waals surface area contributed by atoms with Crippen LogP contribution in [-0.2, 0) is 18.4 Å². The predicted octanol–water partition coefficient (Wildman–Crippen LogP) is 3.48. The van der Waals surface area contributed by atoms with Gasteiger partial charge in [0.2, 0.25) is 0 Å². The minimum absolute atomic E-state index is 0.0705. The van der Waals surface area contributed by atoms with E-state index in [1.807, 2.05) is 43.4 Å². The smallest absolute Gasteiger partial charge is 0.259 e. The predicted molar refractivity (Wildman–Crippen MR) is 136 cm³/mol. The summed E-state index contributed by atoms with van der Waals surface area (Å²) in [6, 6.07) is 6.61. The van der Waals surface area contributed by atoms with Crippen LogP contribution in [0, 0.1) is 0 Å². The van der Waals surface area contributed by atoms with E-state index in [-0.39, 0.29) is 5.56 Å². The number of rotatable bonds is 6. The van der Waals surface area contributed by atoms with Gasteiger partial charge >= 0.3 is 0 Å². The van der Waals surface area contributed by atoms with Crippen LogP contribution in [0.3, 0.4) is 0 Å². The van der Waals surface area contributed by atoms with Gasteiger partial charge in [0.25, 0.3) is 5.56 Å². The number of likely N-dealkylation sites (tertiary alicyclic amines) is 1. The number of aldehydes is 1. The van der Waals surface area contributed by atoms with Crippen molar-refractivity contribution < 1.29 is 14.3 Å². The molecule has 1 aliphatic rings. The number of nitrogens with zero attached hydrogens (tertiary/aromatic N) is 4. The van der Waals surface area contributed by atoms with Crippen LogP contribution in [0.25, 0.3) is 21.9 Å². The maximum absolute atomic E-state index is 12.7. The molecular formula is C26H34N4O4. The molecule has 1 aromatic carbocycles. The standard InChI is InChI=1S/C24H30N4O3.C2H4O/c1-15-7-8-28(15)14-20-21(30-5)9-16(10-22(20)31-6)19-13-27(4)24(29)18-12-25-23(26(2)3)11-17(18)19;1-2-3/h9-13,15H,7-8,14H2,1-6H3;2H,1H3. The summed E-state index contributed by atoms with van der Waals surface area (Å²) in [6.45, 7) is 5.56. The van der Waals surface area contributed by atoms with Crippen LogP contribution in [0.4, 0.5) is 5.82 Å². The van der Waals surface area contributed by atoms with Crippen LogP contribution in [0.15, 0.2) is 35.4 Å². The third kappa shape index (κ3) is 4.92. The Morgan fingerprint density at radius 3 is 2.24 bits per heavy atom. The molecule has 1 aliphatic heterocycles. The van der Waals surface area contributed by atoms with E-state index in [1.165, 1.54) is 13.3 Å². The highest BCUT2D eigenvalue weighted by atomic mass is 16.5. The summed E-state index contributed by atoms with van der Waals surface area (Å²) in [5.41, 5.74) is 2.85. The van der Waals surface area contributed by atoms with Gasteiger partial charge in [-0.1, -0.05) is 0 Å². The Morgan fingerprint density at radius 1 is 1.15 bits per heavy atom. The summed E-state index contributed by atoms with van der Waals surface area (Å²) in [5.74, 6) is 2.37. The molecule has 1 atom stereocenters. The SMILES string of the molecule is CC=O.COc1cc(-c2cn(C)c(=O)c3cnc(N(C)C)cc23)cc(OC)c1CN1CCC1C. The summed E-state index contributed by atoms with van der Waals surface area (Å²) in [5, 5.41) is 1.44. The second-order valence-electron chi connectivity index (χ2n) is 8.64. The number of methoxy groups -OCH3 is 2. The lowest BCUT2D eigenvalue weighted by Crippen LogP contribution is -2.44. The summed E-state index contributed by atoms with van der Waals surface area (Å²) in [6.07, 6.45) is 5.50. The first-order valence-electron chi connectivity index (χ1n) is 11.3. The van der Waals surface area contributed by atoms with Crippen LogP contribution in [-0.4, -0.2) is 61.6 Å². The first kappa shape index (κ1) is 25.2. The molecule has 0 N–H and O–H groups in total. The molecule has 0 aliphatic carbocycles. The van der Waals surface area contributed by atoms with Crippen molar-refractivity contribution >= 4 is 22.9 Å². The van der Waals surface area contributed by atoms with Crippen molar-refractivity contribution in [1.29, 1.82) is 0 Å². The van der Waals surface area contributed by atoms with Crippen molar-refractivity contribution in [2.24, 2.45) is 7.05 Å². The third-order valence-corrected chi connectivity index (χ3v) is 6.25. The van der Waals surface area contributed by atoms with Crippen LogP contribution in [0.2, 0.25) is 0 Å². The summed E-state index contributed by atoms with van der Waals surface area (Å²) < 4.78 is 13.2. The van der Waals surface area contributed by atoms with Gasteiger partial charge in [0, 0.05) is 63.6 Å². The largest absolute Gasteiger partial charge is 0.496 e. The summed E-state index contributed by atoms with van der Waals surface area (Å²) in [4.78, 5) is 30.3. The number of hydrogen-bond donors (Lipinski definition) is 0. The molecule has 8 nitrogen and oxygen atoms in total. The van der Waals surface area contributed by atoms with Crippen LogP contribution in [0.5, 0.6) is 11.5 Å². The van der Waals surface area contributed by atoms with Gasteiger partial charge in [-0.3, -0.25) is 9.69 Å². The number of carbonyl (C=O) groups is 1. The van der Waals surface area contributed by atoms with Gasteiger partial charge in [0.15, 0.2) is 0 Å². The Labute approximate surface area is 200 Å². The Balaban J connectivity index is 0.00000103. The van der Waals surface area contributed by atoms with E-state index in [1.54, 1.807) is 32.0 Å². The van der Waals surface area contributed by atoms with Gasteiger partial charge in [-0.05, 0) is 44.0 Å². The monoisotopic (exact) mass is 466 g/mol. The zero-order valence-electron chi connectivity index (χ0n) is 21.1. The zero-order chi connectivity index (χ0) is 25.0. The van der Waals surface area contributed by atoms with E-state index in [9.17, 15) is 4.79 Å². The van der Waals surface area contributed by atoms with Gasteiger partial charge in [0.1, 0.15) is 23.6 Å². The number of fused-ring (bicyclic) bond motifs is 1. The van der Waals surface area contributed by atoms with Crippen molar-refractivity contribution in [1.82, 2.24) is 14.5 Å². The van der Waals surface area contributed by atoms with E-state index in [2.05, 4.69) is 16.8 Å². The number of aromatic nitrogens is 2. The van der Waals surface area contributed by atoms with E-state index in [0.717, 1.165) is 58.8 Å². The Bertz CT molecular complexity index is 1210. The number of hydrogen-bond acceptors (Lipinski definition) is 7. The molecule has 182 valence electrons. The highest BCUT2D eigenvalue weighted by molar-refractivity contribution is 5.97. The minimum Gasteiger partial charge on any atom is -0.496 e. The number of benzene rings is 1. The fraction of sp³-hybridized carbons (Fsp3) is 0.423. The molecule has 4 rings (SSSR count). The Morgan fingerprint density at radius 2 is 1.76 bits per heavy atom.